The van der Waals surface area contributed by atoms with Crippen molar-refractivity contribution in [2.24, 2.45) is 0 Å². The van der Waals surface area contributed by atoms with E-state index in [1.807, 2.05) is 50.2 Å². The SMILES string of the molecule is Cc1cc(C)n(-c2cc(Oc3ccc(NC(=O)c4ccc(Oc5ccccc5)cc4)cc3)nc(C)n2)n1. The summed E-state index contributed by atoms with van der Waals surface area (Å²) >= 11 is 0. The molecular weight excluding hydrogens is 466 g/mol. The van der Waals surface area contributed by atoms with Gasteiger partial charge in [-0.1, -0.05) is 18.2 Å². The molecule has 0 aliphatic carbocycles. The summed E-state index contributed by atoms with van der Waals surface area (Å²) < 4.78 is 13.5. The van der Waals surface area contributed by atoms with Gasteiger partial charge in [-0.2, -0.15) is 10.1 Å². The van der Waals surface area contributed by atoms with Crippen LogP contribution in [-0.4, -0.2) is 25.7 Å². The molecule has 8 nitrogen and oxygen atoms in total. The normalized spacial score (nSPS) is 10.7. The maximum Gasteiger partial charge on any atom is 0.255 e. The van der Waals surface area contributed by atoms with Crippen molar-refractivity contribution < 1.29 is 14.3 Å². The number of ether oxygens (including phenoxy) is 2. The van der Waals surface area contributed by atoms with Gasteiger partial charge in [-0.15, -0.1) is 0 Å². The first kappa shape index (κ1) is 23.7. The second kappa shape index (κ2) is 10.3. The maximum atomic E-state index is 12.7. The molecule has 37 heavy (non-hydrogen) atoms. The zero-order chi connectivity index (χ0) is 25.8. The van der Waals surface area contributed by atoms with Crippen molar-refractivity contribution in [3.05, 3.63) is 114 Å². The van der Waals surface area contributed by atoms with E-state index in [9.17, 15) is 4.79 Å². The number of hydrogen-bond acceptors (Lipinski definition) is 6. The third kappa shape index (κ3) is 5.82. The van der Waals surface area contributed by atoms with Crippen LogP contribution in [0.2, 0.25) is 0 Å². The molecule has 0 fully saturated rings. The van der Waals surface area contributed by atoms with Gasteiger partial charge in [0.25, 0.3) is 5.91 Å². The quantitative estimate of drug-likeness (QED) is 0.282. The topological polar surface area (TPSA) is 91.2 Å². The number of benzene rings is 3. The highest BCUT2D eigenvalue weighted by Crippen LogP contribution is 2.25. The predicted molar refractivity (Wildman–Crippen MR) is 141 cm³/mol. The number of nitrogens with one attached hydrogen (secondary N) is 1. The monoisotopic (exact) mass is 491 g/mol. The minimum absolute atomic E-state index is 0.221. The summed E-state index contributed by atoms with van der Waals surface area (Å²) in [6.07, 6.45) is 0. The van der Waals surface area contributed by atoms with Gasteiger partial charge in [-0.05, 0) is 87.5 Å². The highest BCUT2D eigenvalue weighted by atomic mass is 16.5. The molecule has 0 aliphatic rings. The van der Waals surface area contributed by atoms with Crippen molar-refractivity contribution in [2.45, 2.75) is 20.8 Å². The number of anilines is 1. The van der Waals surface area contributed by atoms with Crippen molar-refractivity contribution in [2.75, 3.05) is 5.32 Å². The summed E-state index contributed by atoms with van der Waals surface area (Å²) in [4.78, 5) is 21.5. The molecule has 0 bridgehead atoms. The van der Waals surface area contributed by atoms with Crippen LogP contribution in [0.25, 0.3) is 5.82 Å². The molecule has 2 aromatic heterocycles. The molecule has 1 amide bonds. The van der Waals surface area contributed by atoms with Gasteiger partial charge in [0.05, 0.1) is 5.69 Å². The van der Waals surface area contributed by atoms with Crippen molar-refractivity contribution in [1.29, 1.82) is 0 Å². The van der Waals surface area contributed by atoms with Gasteiger partial charge in [-0.3, -0.25) is 4.79 Å². The molecule has 0 radical (unpaired) electrons. The number of rotatable bonds is 7. The Labute approximate surface area is 214 Å². The number of carbonyl (C=O) groups is 1. The lowest BCUT2D eigenvalue weighted by Gasteiger charge is -2.10. The van der Waals surface area contributed by atoms with Crippen molar-refractivity contribution in [1.82, 2.24) is 19.7 Å². The fourth-order valence-corrected chi connectivity index (χ4v) is 3.78. The summed E-state index contributed by atoms with van der Waals surface area (Å²) in [5, 5.41) is 7.38. The third-order valence-electron chi connectivity index (χ3n) is 5.46. The van der Waals surface area contributed by atoms with Gasteiger partial charge in [0.1, 0.15) is 23.1 Å². The molecule has 1 N–H and O–H groups in total. The lowest BCUT2D eigenvalue weighted by atomic mass is 10.2. The minimum Gasteiger partial charge on any atom is -0.457 e. The van der Waals surface area contributed by atoms with Crippen LogP contribution in [0.1, 0.15) is 27.6 Å². The second-order valence-corrected chi connectivity index (χ2v) is 8.47. The van der Waals surface area contributed by atoms with Crippen LogP contribution >= 0.6 is 0 Å². The van der Waals surface area contributed by atoms with E-state index in [4.69, 9.17) is 9.47 Å². The molecule has 2 heterocycles. The molecule has 0 unspecified atom stereocenters. The summed E-state index contributed by atoms with van der Waals surface area (Å²) in [7, 11) is 0. The van der Waals surface area contributed by atoms with E-state index in [1.165, 1.54) is 0 Å². The van der Waals surface area contributed by atoms with Gasteiger partial charge < -0.3 is 14.8 Å². The minimum atomic E-state index is -0.221. The molecule has 3 aromatic carbocycles. The van der Waals surface area contributed by atoms with Crippen molar-refractivity contribution in [3.63, 3.8) is 0 Å². The molecule has 184 valence electrons. The van der Waals surface area contributed by atoms with Crippen LogP contribution in [0, 0.1) is 20.8 Å². The maximum absolute atomic E-state index is 12.7. The van der Waals surface area contributed by atoms with E-state index in [-0.39, 0.29) is 5.91 Å². The van der Waals surface area contributed by atoms with Crippen LogP contribution in [0.15, 0.2) is 91.0 Å². The Morgan fingerprint density at radius 3 is 2.08 bits per heavy atom. The average Bonchev–Trinajstić information content (AvgIpc) is 3.23. The first-order valence-corrected chi connectivity index (χ1v) is 11.7. The average molecular weight is 492 g/mol. The Balaban J connectivity index is 1.23. The van der Waals surface area contributed by atoms with Crippen LogP contribution < -0.4 is 14.8 Å². The molecule has 0 saturated carbocycles. The van der Waals surface area contributed by atoms with E-state index in [2.05, 4.69) is 20.4 Å². The lowest BCUT2D eigenvalue weighted by Crippen LogP contribution is -2.11. The van der Waals surface area contributed by atoms with E-state index >= 15 is 0 Å². The summed E-state index contributed by atoms with van der Waals surface area (Å²) in [5.41, 5.74) is 3.04. The molecule has 0 aliphatic heterocycles. The number of para-hydroxylation sites is 1. The largest absolute Gasteiger partial charge is 0.457 e. The molecule has 8 heteroatoms. The van der Waals surface area contributed by atoms with Crippen molar-refractivity contribution in [3.8, 4) is 28.9 Å². The van der Waals surface area contributed by atoms with Crippen LogP contribution in [0.3, 0.4) is 0 Å². The van der Waals surface area contributed by atoms with Gasteiger partial charge in [0, 0.05) is 23.0 Å². The van der Waals surface area contributed by atoms with E-state index < -0.39 is 0 Å². The summed E-state index contributed by atoms with van der Waals surface area (Å²) in [6.45, 7) is 5.71. The van der Waals surface area contributed by atoms with Gasteiger partial charge >= 0.3 is 0 Å². The molecule has 0 spiro atoms. The van der Waals surface area contributed by atoms with E-state index in [0.29, 0.717) is 40.3 Å². The van der Waals surface area contributed by atoms with Gasteiger partial charge in [0.2, 0.25) is 5.88 Å². The summed E-state index contributed by atoms with van der Waals surface area (Å²) in [6, 6.07) is 27.3. The first-order valence-electron chi connectivity index (χ1n) is 11.7. The van der Waals surface area contributed by atoms with E-state index in [1.54, 1.807) is 66.2 Å². The number of aryl methyl sites for hydroxylation is 3. The zero-order valence-corrected chi connectivity index (χ0v) is 20.7. The molecular formula is C29H25N5O3. The Bertz CT molecular complexity index is 1530. The standard InChI is InChI=1S/C29H25N5O3/c1-19-17-20(2)34(33-19)27-18-28(31-21(3)30-27)37-26-15-11-23(12-16-26)32-29(35)22-9-13-25(14-10-22)36-24-7-5-4-6-8-24/h4-18H,1-3H3,(H,32,35). The first-order chi connectivity index (χ1) is 17.9. The third-order valence-corrected chi connectivity index (χ3v) is 5.46. The van der Waals surface area contributed by atoms with E-state index in [0.717, 1.165) is 17.1 Å². The van der Waals surface area contributed by atoms with Crippen LogP contribution in [0.5, 0.6) is 23.1 Å². The fourth-order valence-electron chi connectivity index (χ4n) is 3.78. The molecule has 5 aromatic rings. The van der Waals surface area contributed by atoms with Crippen molar-refractivity contribution >= 4 is 11.6 Å². The molecule has 5 rings (SSSR count). The number of aromatic nitrogens is 4. The Morgan fingerprint density at radius 2 is 1.41 bits per heavy atom. The highest BCUT2D eigenvalue weighted by Gasteiger charge is 2.11. The summed E-state index contributed by atoms with van der Waals surface area (Å²) in [5.74, 6) is 3.37. The van der Waals surface area contributed by atoms with Crippen LogP contribution in [-0.2, 0) is 0 Å². The van der Waals surface area contributed by atoms with Gasteiger partial charge in [-0.25, -0.2) is 9.67 Å². The number of amides is 1. The second-order valence-electron chi connectivity index (χ2n) is 8.47. The Hall–Kier alpha value is -4.98. The Morgan fingerprint density at radius 1 is 0.757 bits per heavy atom. The number of hydrogen-bond donors (Lipinski definition) is 1. The van der Waals surface area contributed by atoms with Gasteiger partial charge in [0.15, 0.2) is 5.82 Å². The lowest BCUT2D eigenvalue weighted by molar-refractivity contribution is 0.102. The smallest absolute Gasteiger partial charge is 0.255 e. The fraction of sp³-hybridized carbons (Fsp3) is 0.103. The molecule has 0 atom stereocenters. The highest BCUT2D eigenvalue weighted by molar-refractivity contribution is 6.04. The zero-order valence-electron chi connectivity index (χ0n) is 20.7. The van der Waals surface area contributed by atoms with Crippen LogP contribution in [0.4, 0.5) is 5.69 Å². The number of carbonyl (C=O) groups excluding carboxylic acids is 1. The molecule has 0 saturated heterocycles. The predicted octanol–water partition coefficient (Wildman–Crippen LogP) is 6.42. The number of nitrogens with zero attached hydrogens (tertiary/aromatic N) is 4. The Kier molecular flexibility index (Phi) is 6.63.